The van der Waals surface area contributed by atoms with E-state index in [0.717, 1.165) is 24.3 Å². The Balaban J connectivity index is 0.00000176. The van der Waals surface area contributed by atoms with E-state index in [0.29, 0.717) is 0 Å². The summed E-state index contributed by atoms with van der Waals surface area (Å²) in [4.78, 5) is 4.07. The molecule has 1 aliphatic rings. The van der Waals surface area contributed by atoms with E-state index in [1.165, 1.54) is 28.7 Å². The van der Waals surface area contributed by atoms with Crippen molar-refractivity contribution in [1.29, 1.82) is 0 Å². The summed E-state index contributed by atoms with van der Waals surface area (Å²) in [6.07, 6.45) is 9.23. The second kappa shape index (κ2) is 7.32. The minimum absolute atomic E-state index is 0. The van der Waals surface area contributed by atoms with Crippen molar-refractivity contribution in [2.75, 3.05) is 14.2 Å². The van der Waals surface area contributed by atoms with Crippen LogP contribution in [0.5, 0.6) is 11.5 Å². The molecule has 0 amide bonds. The molecule has 0 N–H and O–H groups in total. The van der Waals surface area contributed by atoms with Gasteiger partial charge in [-0.05, 0) is 65.8 Å². The molecule has 0 unspecified atom stereocenters. The molecule has 0 bridgehead atoms. The quantitative estimate of drug-likeness (QED) is 0.841. The van der Waals surface area contributed by atoms with Crippen LogP contribution in [0.15, 0.2) is 36.7 Å². The standard InChI is InChI=1S/C18H19NO2.ClH/c1-20-17-11-15-5-3-4-14(16(15)12-18(17)21-2)10-13-6-8-19-9-7-13;/h6-12H,3-5H2,1-2H3;1H/b14-10+;. The maximum Gasteiger partial charge on any atom is 0.161 e. The number of fused-ring (bicyclic) bond motifs is 1. The van der Waals surface area contributed by atoms with Crippen LogP contribution in [-0.4, -0.2) is 19.2 Å². The molecule has 1 aliphatic carbocycles. The number of hydrogen-bond acceptors (Lipinski definition) is 3. The van der Waals surface area contributed by atoms with Gasteiger partial charge in [0, 0.05) is 12.4 Å². The highest BCUT2D eigenvalue weighted by Crippen LogP contribution is 2.39. The fraction of sp³-hybridized carbons (Fsp3) is 0.278. The predicted molar refractivity (Wildman–Crippen MR) is 91.8 cm³/mol. The number of aromatic nitrogens is 1. The lowest BCUT2D eigenvalue weighted by molar-refractivity contribution is 0.354. The summed E-state index contributed by atoms with van der Waals surface area (Å²) in [5.41, 5.74) is 5.14. The normalized spacial score (nSPS) is 14.9. The van der Waals surface area contributed by atoms with Gasteiger partial charge in [-0.3, -0.25) is 4.98 Å². The van der Waals surface area contributed by atoms with Gasteiger partial charge in [0.1, 0.15) is 0 Å². The third-order valence-electron chi connectivity index (χ3n) is 3.89. The summed E-state index contributed by atoms with van der Waals surface area (Å²) in [6.45, 7) is 0. The molecule has 0 aliphatic heterocycles. The summed E-state index contributed by atoms with van der Waals surface area (Å²) in [7, 11) is 3.36. The van der Waals surface area contributed by atoms with Gasteiger partial charge < -0.3 is 9.47 Å². The minimum Gasteiger partial charge on any atom is -0.493 e. The van der Waals surface area contributed by atoms with E-state index in [-0.39, 0.29) is 12.4 Å². The molecule has 0 saturated heterocycles. The van der Waals surface area contributed by atoms with Crippen LogP contribution in [-0.2, 0) is 6.42 Å². The van der Waals surface area contributed by atoms with Gasteiger partial charge in [0.15, 0.2) is 11.5 Å². The summed E-state index contributed by atoms with van der Waals surface area (Å²) < 4.78 is 10.8. The highest BCUT2D eigenvalue weighted by molar-refractivity contribution is 5.85. The maximum atomic E-state index is 5.44. The molecule has 1 aromatic carbocycles. The van der Waals surface area contributed by atoms with Gasteiger partial charge in [-0.15, -0.1) is 12.4 Å². The molecular formula is C18H20ClNO2. The third-order valence-corrected chi connectivity index (χ3v) is 3.89. The number of hydrogen-bond donors (Lipinski definition) is 0. The monoisotopic (exact) mass is 317 g/mol. The van der Waals surface area contributed by atoms with E-state index < -0.39 is 0 Å². The number of pyridine rings is 1. The van der Waals surface area contributed by atoms with E-state index in [1.807, 2.05) is 24.5 Å². The van der Waals surface area contributed by atoms with Gasteiger partial charge in [0.25, 0.3) is 0 Å². The number of halogens is 1. The Morgan fingerprint density at radius 2 is 1.68 bits per heavy atom. The van der Waals surface area contributed by atoms with Crippen LogP contribution in [0.3, 0.4) is 0 Å². The van der Waals surface area contributed by atoms with Gasteiger partial charge in [-0.25, -0.2) is 0 Å². The van der Waals surface area contributed by atoms with Gasteiger partial charge >= 0.3 is 0 Å². The third kappa shape index (κ3) is 3.25. The van der Waals surface area contributed by atoms with Crippen LogP contribution in [0.1, 0.15) is 29.5 Å². The van der Waals surface area contributed by atoms with E-state index in [9.17, 15) is 0 Å². The van der Waals surface area contributed by atoms with Crippen LogP contribution >= 0.6 is 12.4 Å². The number of rotatable bonds is 3. The lowest BCUT2D eigenvalue weighted by atomic mass is 9.86. The van der Waals surface area contributed by atoms with Crippen molar-refractivity contribution in [3.05, 3.63) is 53.3 Å². The zero-order valence-electron chi connectivity index (χ0n) is 12.8. The Labute approximate surface area is 137 Å². The van der Waals surface area contributed by atoms with Gasteiger partial charge in [0.05, 0.1) is 14.2 Å². The zero-order valence-corrected chi connectivity index (χ0v) is 13.7. The molecule has 2 aromatic rings. The number of nitrogens with zero attached hydrogens (tertiary/aromatic N) is 1. The highest BCUT2D eigenvalue weighted by Gasteiger charge is 2.18. The van der Waals surface area contributed by atoms with Crippen molar-refractivity contribution in [2.45, 2.75) is 19.3 Å². The van der Waals surface area contributed by atoms with Crippen LogP contribution in [0.2, 0.25) is 0 Å². The summed E-state index contributed by atoms with van der Waals surface area (Å²) in [6, 6.07) is 8.26. The Hall–Kier alpha value is -2.00. The first kappa shape index (κ1) is 16.4. The molecule has 0 fully saturated rings. The van der Waals surface area contributed by atoms with Gasteiger partial charge in [-0.2, -0.15) is 0 Å². The first-order valence-electron chi connectivity index (χ1n) is 7.17. The summed E-state index contributed by atoms with van der Waals surface area (Å²) in [5, 5.41) is 0. The number of allylic oxidation sites excluding steroid dienone is 1. The van der Waals surface area contributed by atoms with Gasteiger partial charge in [0.2, 0.25) is 0 Å². The van der Waals surface area contributed by atoms with Crippen LogP contribution < -0.4 is 9.47 Å². The van der Waals surface area contributed by atoms with Crippen molar-refractivity contribution in [1.82, 2.24) is 4.98 Å². The van der Waals surface area contributed by atoms with E-state index in [2.05, 4.69) is 23.2 Å². The van der Waals surface area contributed by atoms with Gasteiger partial charge in [-0.1, -0.05) is 6.08 Å². The molecule has 22 heavy (non-hydrogen) atoms. The van der Waals surface area contributed by atoms with Crippen molar-refractivity contribution < 1.29 is 9.47 Å². The molecule has 1 heterocycles. The smallest absolute Gasteiger partial charge is 0.161 e. The lowest BCUT2D eigenvalue weighted by Gasteiger charge is -2.21. The maximum absolute atomic E-state index is 5.44. The second-order valence-corrected chi connectivity index (χ2v) is 5.17. The highest BCUT2D eigenvalue weighted by atomic mass is 35.5. The molecule has 3 rings (SSSR count). The molecular weight excluding hydrogens is 298 g/mol. The van der Waals surface area contributed by atoms with Crippen LogP contribution in [0.4, 0.5) is 0 Å². The fourth-order valence-electron chi connectivity index (χ4n) is 2.84. The second-order valence-electron chi connectivity index (χ2n) is 5.17. The molecule has 0 saturated carbocycles. The van der Waals surface area contributed by atoms with Crippen molar-refractivity contribution in [3.8, 4) is 11.5 Å². The molecule has 4 heteroatoms. The minimum atomic E-state index is 0. The topological polar surface area (TPSA) is 31.4 Å². The summed E-state index contributed by atoms with van der Waals surface area (Å²) >= 11 is 0. The molecule has 0 atom stereocenters. The average Bonchev–Trinajstić information content (AvgIpc) is 2.55. The molecule has 1 aromatic heterocycles. The predicted octanol–water partition coefficient (Wildman–Crippen LogP) is 4.40. The largest absolute Gasteiger partial charge is 0.493 e. The number of methoxy groups -OCH3 is 2. The van der Waals surface area contributed by atoms with E-state index in [1.54, 1.807) is 14.2 Å². The van der Waals surface area contributed by atoms with Crippen molar-refractivity contribution >= 4 is 24.1 Å². The number of benzene rings is 1. The molecule has 0 radical (unpaired) electrons. The molecule has 116 valence electrons. The van der Waals surface area contributed by atoms with Crippen molar-refractivity contribution in [3.63, 3.8) is 0 Å². The van der Waals surface area contributed by atoms with E-state index in [4.69, 9.17) is 9.47 Å². The average molecular weight is 318 g/mol. The lowest BCUT2D eigenvalue weighted by Crippen LogP contribution is -2.04. The first-order valence-corrected chi connectivity index (χ1v) is 7.17. The number of aryl methyl sites for hydroxylation is 1. The Morgan fingerprint density at radius 1 is 1.00 bits per heavy atom. The van der Waals surface area contributed by atoms with E-state index >= 15 is 0 Å². The number of ether oxygens (including phenoxy) is 2. The van der Waals surface area contributed by atoms with Crippen LogP contribution in [0, 0.1) is 0 Å². The Kier molecular flexibility index (Phi) is 5.45. The van der Waals surface area contributed by atoms with Crippen molar-refractivity contribution in [2.24, 2.45) is 0 Å². The Bertz CT molecular complexity index is 668. The fourth-order valence-corrected chi connectivity index (χ4v) is 2.84. The SMILES string of the molecule is COc1cc2c(cc1OC)/C(=C/c1ccncc1)CCC2.Cl. The molecule has 0 spiro atoms. The molecule has 3 nitrogen and oxygen atoms in total. The Morgan fingerprint density at radius 3 is 2.36 bits per heavy atom. The first-order chi connectivity index (χ1) is 10.3. The summed E-state index contributed by atoms with van der Waals surface area (Å²) in [5.74, 6) is 1.60. The zero-order chi connectivity index (χ0) is 14.7. The van der Waals surface area contributed by atoms with Crippen LogP contribution in [0.25, 0.3) is 11.6 Å².